The molecule has 2 nitrogen and oxygen atoms in total. The Labute approximate surface area is 128 Å². The van der Waals surface area contributed by atoms with Gasteiger partial charge in [-0.3, -0.25) is 4.90 Å². The van der Waals surface area contributed by atoms with Gasteiger partial charge in [-0.05, 0) is 55.2 Å². The lowest BCUT2D eigenvalue weighted by atomic mass is 9.71. The summed E-state index contributed by atoms with van der Waals surface area (Å²) < 4.78 is 0. The zero-order valence-corrected chi connectivity index (χ0v) is 13.4. The van der Waals surface area contributed by atoms with Gasteiger partial charge in [0.25, 0.3) is 0 Å². The van der Waals surface area contributed by atoms with Crippen molar-refractivity contribution >= 4 is 0 Å². The summed E-state index contributed by atoms with van der Waals surface area (Å²) in [7, 11) is 0. The second kappa shape index (κ2) is 5.10. The summed E-state index contributed by atoms with van der Waals surface area (Å²) >= 11 is 0. The van der Waals surface area contributed by atoms with E-state index < -0.39 is 0 Å². The van der Waals surface area contributed by atoms with Gasteiger partial charge >= 0.3 is 0 Å². The molecule has 3 aliphatic rings. The van der Waals surface area contributed by atoms with Crippen LogP contribution in [0.2, 0.25) is 0 Å². The lowest BCUT2D eigenvalue weighted by Crippen LogP contribution is -2.43. The van der Waals surface area contributed by atoms with E-state index in [0.29, 0.717) is 17.5 Å². The minimum absolute atomic E-state index is 0.337. The summed E-state index contributed by atoms with van der Waals surface area (Å²) in [6, 6.07) is 11.2. The first kappa shape index (κ1) is 13.8. The van der Waals surface area contributed by atoms with Gasteiger partial charge in [-0.2, -0.15) is 0 Å². The predicted octanol–water partition coefficient (Wildman–Crippen LogP) is 3.63. The zero-order valence-electron chi connectivity index (χ0n) is 13.4. The van der Waals surface area contributed by atoms with Crippen molar-refractivity contribution in [2.75, 3.05) is 13.1 Å². The van der Waals surface area contributed by atoms with Gasteiger partial charge in [0.15, 0.2) is 0 Å². The fourth-order valence-corrected chi connectivity index (χ4v) is 4.92. The smallest absolute Gasteiger partial charge is 0.0326 e. The van der Waals surface area contributed by atoms with Crippen molar-refractivity contribution in [2.24, 2.45) is 0 Å². The van der Waals surface area contributed by atoms with Crippen LogP contribution in [0.1, 0.15) is 63.1 Å². The Bertz CT molecular complexity index is 522. The minimum atomic E-state index is 0.337. The van der Waals surface area contributed by atoms with Crippen molar-refractivity contribution in [3.05, 3.63) is 35.4 Å². The van der Waals surface area contributed by atoms with Crippen LogP contribution in [0.4, 0.5) is 0 Å². The third-order valence-electron chi connectivity index (χ3n) is 6.14. The minimum Gasteiger partial charge on any atom is -0.306 e. The molecule has 1 aromatic carbocycles. The molecule has 1 N–H and O–H groups in total. The van der Waals surface area contributed by atoms with Crippen LogP contribution < -0.4 is 5.32 Å². The molecule has 4 rings (SSSR count). The van der Waals surface area contributed by atoms with Crippen LogP contribution in [0.3, 0.4) is 0 Å². The van der Waals surface area contributed by atoms with Crippen molar-refractivity contribution in [1.29, 1.82) is 0 Å². The third-order valence-corrected chi connectivity index (χ3v) is 6.14. The highest BCUT2D eigenvalue weighted by atomic mass is 15.2. The number of hydrogen-bond donors (Lipinski definition) is 1. The van der Waals surface area contributed by atoms with E-state index in [-0.39, 0.29) is 0 Å². The maximum absolute atomic E-state index is 4.04. The Morgan fingerprint density at radius 3 is 2.86 bits per heavy atom. The molecule has 0 radical (unpaired) electrons. The summed E-state index contributed by atoms with van der Waals surface area (Å²) in [5.74, 6) is 0. The highest BCUT2D eigenvalue weighted by molar-refractivity contribution is 5.38. The molecule has 1 aliphatic carbocycles. The number of hydrogen-bond acceptors (Lipinski definition) is 2. The second-order valence-electron chi connectivity index (χ2n) is 7.87. The van der Waals surface area contributed by atoms with Gasteiger partial charge in [-0.25, -0.2) is 0 Å². The monoisotopic (exact) mass is 284 g/mol. The summed E-state index contributed by atoms with van der Waals surface area (Å²) in [5.41, 5.74) is 3.46. The number of rotatable bonds is 2. The number of benzene rings is 1. The van der Waals surface area contributed by atoms with Crippen molar-refractivity contribution in [2.45, 2.75) is 69.5 Å². The maximum Gasteiger partial charge on any atom is 0.0326 e. The van der Waals surface area contributed by atoms with Gasteiger partial charge in [0.1, 0.15) is 0 Å². The lowest BCUT2D eigenvalue weighted by Gasteiger charge is -2.39. The van der Waals surface area contributed by atoms with E-state index in [1.54, 1.807) is 11.1 Å². The molecule has 114 valence electrons. The quantitative estimate of drug-likeness (QED) is 0.892. The molecule has 2 saturated heterocycles. The van der Waals surface area contributed by atoms with Crippen molar-refractivity contribution in [3.8, 4) is 0 Å². The second-order valence-corrected chi connectivity index (χ2v) is 7.87. The lowest BCUT2D eigenvalue weighted by molar-refractivity contribution is 0.272. The van der Waals surface area contributed by atoms with Crippen molar-refractivity contribution < 1.29 is 0 Å². The molecule has 1 aromatic rings. The first-order valence-electron chi connectivity index (χ1n) is 8.75. The first-order valence-corrected chi connectivity index (χ1v) is 8.75. The van der Waals surface area contributed by atoms with Gasteiger partial charge in [-0.1, -0.05) is 38.1 Å². The first-order chi connectivity index (χ1) is 10.1. The molecular formula is C19H28N2. The summed E-state index contributed by atoms with van der Waals surface area (Å²) in [5, 5.41) is 4.04. The highest BCUT2D eigenvalue weighted by Gasteiger charge is 2.40. The van der Waals surface area contributed by atoms with Crippen molar-refractivity contribution in [1.82, 2.24) is 10.2 Å². The molecule has 21 heavy (non-hydrogen) atoms. The molecule has 3 unspecified atom stereocenters. The molecule has 2 aliphatic heterocycles. The molecule has 3 atom stereocenters. The number of nitrogens with zero attached hydrogens (tertiary/aromatic N) is 1. The zero-order chi connectivity index (χ0) is 14.4. The molecule has 0 saturated carbocycles. The van der Waals surface area contributed by atoms with Gasteiger partial charge in [0.2, 0.25) is 0 Å². The summed E-state index contributed by atoms with van der Waals surface area (Å²) in [4.78, 5) is 2.70. The summed E-state index contributed by atoms with van der Waals surface area (Å²) in [6.45, 7) is 7.44. The van der Waals surface area contributed by atoms with Crippen LogP contribution in [-0.2, 0) is 5.41 Å². The third kappa shape index (κ3) is 2.33. The fraction of sp³-hybridized carbons (Fsp3) is 0.684. The van der Waals surface area contributed by atoms with E-state index in [1.807, 2.05) is 0 Å². The van der Waals surface area contributed by atoms with Crippen molar-refractivity contribution in [3.63, 3.8) is 0 Å². The summed E-state index contributed by atoms with van der Waals surface area (Å²) in [6.07, 6.45) is 6.72. The Hall–Kier alpha value is -0.860. The Balaban J connectivity index is 1.56. The van der Waals surface area contributed by atoms with Crippen LogP contribution in [0.25, 0.3) is 0 Å². The highest BCUT2D eigenvalue weighted by Crippen LogP contribution is 2.42. The van der Waals surface area contributed by atoms with E-state index in [0.717, 1.165) is 6.04 Å². The number of fused-ring (bicyclic) bond motifs is 2. The van der Waals surface area contributed by atoms with Crippen LogP contribution in [0.5, 0.6) is 0 Å². The van der Waals surface area contributed by atoms with Crippen LogP contribution >= 0.6 is 0 Å². The Morgan fingerprint density at radius 1 is 1.10 bits per heavy atom. The normalized spacial score (nSPS) is 34.7. The molecular weight excluding hydrogens is 256 g/mol. The average molecular weight is 284 g/mol. The largest absolute Gasteiger partial charge is 0.306 e. The maximum atomic E-state index is 4.04. The van der Waals surface area contributed by atoms with Crippen LogP contribution in [-0.4, -0.2) is 30.1 Å². The molecule has 2 heterocycles. The van der Waals surface area contributed by atoms with E-state index in [1.165, 1.54) is 45.2 Å². The number of nitrogens with one attached hydrogen (secondary N) is 1. The van der Waals surface area contributed by atoms with Gasteiger partial charge in [0.05, 0.1) is 0 Å². The van der Waals surface area contributed by atoms with Crippen LogP contribution in [0.15, 0.2) is 24.3 Å². The Kier molecular flexibility index (Phi) is 3.35. The van der Waals surface area contributed by atoms with Crippen LogP contribution in [0, 0.1) is 0 Å². The molecule has 0 spiro atoms. The van der Waals surface area contributed by atoms with Gasteiger partial charge in [0, 0.05) is 24.7 Å². The van der Waals surface area contributed by atoms with Gasteiger partial charge < -0.3 is 5.32 Å². The Morgan fingerprint density at radius 2 is 1.95 bits per heavy atom. The molecule has 0 bridgehead atoms. The van der Waals surface area contributed by atoms with Gasteiger partial charge in [-0.15, -0.1) is 0 Å². The predicted molar refractivity (Wildman–Crippen MR) is 87.6 cm³/mol. The fourth-order valence-electron chi connectivity index (χ4n) is 4.92. The van der Waals surface area contributed by atoms with E-state index in [4.69, 9.17) is 0 Å². The standard InChI is InChI=1S/C19H28N2/c1-19(2)11-9-16(14-6-3-4-7-15(14)19)20-17-10-13-21-12-5-8-18(17)21/h3-4,6-7,16-18,20H,5,8-13H2,1-2H3. The molecule has 0 aromatic heterocycles. The molecule has 2 heteroatoms. The topological polar surface area (TPSA) is 15.3 Å². The van der Waals surface area contributed by atoms with E-state index in [2.05, 4.69) is 48.3 Å². The average Bonchev–Trinajstić information content (AvgIpc) is 3.07. The van der Waals surface area contributed by atoms with E-state index >= 15 is 0 Å². The molecule has 0 amide bonds. The van der Waals surface area contributed by atoms with E-state index in [9.17, 15) is 0 Å². The SMILES string of the molecule is CC1(C)CCC(NC2CCN3CCCC23)c2ccccc21. The molecule has 2 fully saturated rings.